The van der Waals surface area contributed by atoms with Crippen LogP contribution in [0.2, 0.25) is 0 Å². The highest BCUT2D eigenvalue weighted by Gasteiger charge is 2.46. The lowest BCUT2D eigenvalue weighted by Crippen LogP contribution is -2.50. The van der Waals surface area contributed by atoms with Crippen molar-refractivity contribution in [3.63, 3.8) is 0 Å². The molecule has 0 unspecified atom stereocenters. The van der Waals surface area contributed by atoms with Gasteiger partial charge in [-0.2, -0.15) is 0 Å². The zero-order valence-electron chi connectivity index (χ0n) is 8.42. The highest BCUT2D eigenvalue weighted by molar-refractivity contribution is 5.01. The van der Waals surface area contributed by atoms with E-state index in [-0.39, 0.29) is 12.0 Å². The van der Waals surface area contributed by atoms with Crippen molar-refractivity contribution in [2.24, 2.45) is 5.41 Å². The van der Waals surface area contributed by atoms with Crippen LogP contribution in [0.3, 0.4) is 0 Å². The van der Waals surface area contributed by atoms with Gasteiger partial charge in [0.05, 0.1) is 12.2 Å². The van der Waals surface area contributed by atoms with Crippen molar-refractivity contribution < 1.29 is 10.2 Å². The Morgan fingerprint density at radius 2 is 2.00 bits per heavy atom. The molecule has 2 heteroatoms. The Kier molecular flexibility index (Phi) is 3.14. The largest absolute Gasteiger partial charge is 0.396 e. The number of aliphatic hydroxyl groups is 2. The van der Waals surface area contributed by atoms with Gasteiger partial charge in [-0.15, -0.1) is 6.58 Å². The first-order valence-corrected chi connectivity index (χ1v) is 5.02. The van der Waals surface area contributed by atoms with E-state index >= 15 is 0 Å². The van der Waals surface area contributed by atoms with Crippen molar-refractivity contribution in [2.75, 3.05) is 6.61 Å². The standard InChI is InChI=1S/C11H20O2/c1-3-6-11(13)8-5-4-7-10(11,2)9-12/h3,12-13H,1,4-9H2,2H3/t10-,11+/m0/s1. The molecular weight excluding hydrogens is 164 g/mol. The van der Waals surface area contributed by atoms with E-state index in [9.17, 15) is 10.2 Å². The van der Waals surface area contributed by atoms with E-state index in [2.05, 4.69) is 6.58 Å². The van der Waals surface area contributed by atoms with Gasteiger partial charge >= 0.3 is 0 Å². The van der Waals surface area contributed by atoms with Crippen molar-refractivity contribution in [2.45, 2.75) is 44.6 Å². The second-order valence-corrected chi connectivity index (χ2v) is 4.45. The molecule has 1 saturated carbocycles. The third kappa shape index (κ3) is 1.79. The Labute approximate surface area is 80.3 Å². The van der Waals surface area contributed by atoms with Gasteiger partial charge in [0.2, 0.25) is 0 Å². The zero-order valence-corrected chi connectivity index (χ0v) is 8.42. The van der Waals surface area contributed by atoms with E-state index in [0.29, 0.717) is 6.42 Å². The molecule has 0 heterocycles. The smallest absolute Gasteiger partial charge is 0.0757 e. The molecular formula is C11H20O2. The fourth-order valence-electron chi connectivity index (χ4n) is 2.28. The van der Waals surface area contributed by atoms with Crippen molar-refractivity contribution in [1.29, 1.82) is 0 Å². The lowest BCUT2D eigenvalue weighted by molar-refractivity contribution is -0.125. The maximum Gasteiger partial charge on any atom is 0.0757 e. The van der Waals surface area contributed by atoms with Crippen LogP contribution in [0.25, 0.3) is 0 Å². The number of rotatable bonds is 3. The number of hydrogen-bond donors (Lipinski definition) is 2. The molecule has 13 heavy (non-hydrogen) atoms. The van der Waals surface area contributed by atoms with Crippen molar-refractivity contribution >= 4 is 0 Å². The molecule has 2 nitrogen and oxygen atoms in total. The molecule has 2 N–H and O–H groups in total. The zero-order chi connectivity index (χ0) is 9.95. The van der Waals surface area contributed by atoms with Gasteiger partial charge in [-0.3, -0.25) is 0 Å². The first-order chi connectivity index (χ1) is 6.08. The summed E-state index contributed by atoms with van der Waals surface area (Å²) in [7, 11) is 0. The quantitative estimate of drug-likeness (QED) is 0.657. The van der Waals surface area contributed by atoms with Crippen molar-refractivity contribution in [3.8, 4) is 0 Å². The summed E-state index contributed by atoms with van der Waals surface area (Å²) in [5, 5.41) is 19.7. The van der Waals surface area contributed by atoms with E-state index in [1.165, 1.54) is 0 Å². The van der Waals surface area contributed by atoms with Gasteiger partial charge in [0.15, 0.2) is 0 Å². The van der Waals surface area contributed by atoms with E-state index in [0.717, 1.165) is 25.7 Å². The molecule has 0 aromatic rings. The van der Waals surface area contributed by atoms with Crippen LogP contribution in [-0.4, -0.2) is 22.4 Å². The van der Waals surface area contributed by atoms with E-state index in [4.69, 9.17) is 0 Å². The minimum absolute atomic E-state index is 0.0668. The molecule has 76 valence electrons. The summed E-state index contributed by atoms with van der Waals surface area (Å²) in [6, 6.07) is 0. The second kappa shape index (κ2) is 3.81. The number of hydrogen-bond acceptors (Lipinski definition) is 2. The van der Waals surface area contributed by atoms with E-state index < -0.39 is 5.60 Å². The molecule has 1 fully saturated rings. The molecule has 0 bridgehead atoms. The summed E-state index contributed by atoms with van der Waals surface area (Å²) < 4.78 is 0. The average Bonchev–Trinajstić information content (AvgIpc) is 2.11. The summed E-state index contributed by atoms with van der Waals surface area (Å²) >= 11 is 0. The maximum atomic E-state index is 10.4. The molecule has 0 saturated heterocycles. The lowest BCUT2D eigenvalue weighted by atomic mass is 9.63. The number of aliphatic hydroxyl groups excluding tert-OH is 1. The molecule has 0 spiro atoms. The van der Waals surface area contributed by atoms with Crippen molar-refractivity contribution in [1.82, 2.24) is 0 Å². The molecule has 0 aliphatic heterocycles. The highest BCUT2D eigenvalue weighted by atomic mass is 16.3. The highest BCUT2D eigenvalue weighted by Crippen LogP contribution is 2.45. The minimum Gasteiger partial charge on any atom is -0.396 e. The Morgan fingerprint density at radius 1 is 1.38 bits per heavy atom. The van der Waals surface area contributed by atoms with Gasteiger partial charge in [0, 0.05) is 5.41 Å². The first-order valence-electron chi connectivity index (χ1n) is 5.02. The third-order valence-electron chi connectivity index (χ3n) is 3.52. The minimum atomic E-state index is -0.734. The Bertz CT molecular complexity index is 191. The summed E-state index contributed by atoms with van der Waals surface area (Å²) in [6.45, 7) is 5.69. The van der Waals surface area contributed by atoms with Gasteiger partial charge in [-0.05, 0) is 19.3 Å². The van der Waals surface area contributed by atoms with Gasteiger partial charge in [-0.1, -0.05) is 25.8 Å². The normalized spacial score (nSPS) is 40.2. The lowest BCUT2D eigenvalue weighted by Gasteiger charge is -2.47. The second-order valence-electron chi connectivity index (χ2n) is 4.45. The van der Waals surface area contributed by atoms with Crippen LogP contribution in [0.4, 0.5) is 0 Å². The Hall–Kier alpha value is -0.340. The van der Waals surface area contributed by atoms with Crippen LogP contribution in [0.15, 0.2) is 12.7 Å². The van der Waals surface area contributed by atoms with Crippen LogP contribution in [-0.2, 0) is 0 Å². The van der Waals surface area contributed by atoms with Gasteiger partial charge in [0.25, 0.3) is 0 Å². The monoisotopic (exact) mass is 184 g/mol. The summed E-state index contributed by atoms with van der Waals surface area (Å²) in [5.74, 6) is 0. The SMILES string of the molecule is C=CC[C@@]1(O)CCCC[C@@]1(C)CO. The summed E-state index contributed by atoms with van der Waals surface area (Å²) in [6.07, 6.45) is 6.20. The summed E-state index contributed by atoms with van der Waals surface area (Å²) in [4.78, 5) is 0. The molecule has 0 amide bonds. The first kappa shape index (κ1) is 10.7. The van der Waals surface area contributed by atoms with E-state index in [1.54, 1.807) is 6.08 Å². The van der Waals surface area contributed by atoms with Crippen LogP contribution >= 0.6 is 0 Å². The molecule has 2 atom stereocenters. The molecule has 0 radical (unpaired) electrons. The van der Waals surface area contributed by atoms with Crippen LogP contribution in [0.5, 0.6) is 0 Å². The molecule has 1 aliphatic carbocycles. The van der Waals surface area contributed by atoms with Crippen molar-refractivity contribution in [3.05, 3.63) is 12.7 Å². The molecule has 0 aromatic heterocycles. The molecule has 1 aliphatic rings. The fourth-order valence-corrected chi connectivity index (χ4v) is 2.28. The molecule has 1 rings (SSSR count). The summed E-state index contributed by atoms with van der Waals surface area (Å²) in [5.41, 5.74) is -1.07. The van der Waals surface area contributed by atoms with Gasteiger partial charge < -0.3 is 10.2 Å². The topological polar surface area (TPSA) is 40.5 Å². The van der Waals surface area contributed by atoms with Crippen LogP contribution in [0.1, 0.15) is 39.0 Å². The predicted octanol–water partition coefficient (Wildman–Crippen LogP) is 1.87. The molecule has 0 aromatic carbocycles. The fraction of sp³-hybridized carbons (Fsp3) is 0.818. The van der Waals surface area contributed by atoms with E-state index in [1.807, 2.05) is 6.92 Å². The maximum absolute atomic E-state index is 10.4. The third-order valence-corrected chi connectivity index (χ3v) is 3.52. The van der Waals surface area contributed by atoms with Crippen LogP contribution < -0.4 is 0 Å². The van der Waals surface area contributed by atoms with Gasteiger partial charge in [0.1, 0.15) is 0 Å². The van der Waals surface area contributed by atoms with Gasteiger partial charge in [-0.25, -0.2) is 0 Å². The Morgan fingerprint density at radius 3 is 2.54 bits per heavy atom. The Balaban J connectivity index is 2.82. The average molecular weight is 184 g/mol. The van der Waals surface area contributed by atoms with Crippen LogP contribution in [0, 0.1) is 5.41 Å². The predicted molar refractivity (Wildman–Crippen MR) is 53.4 cm³/mol.